The van der Waals surface area contributed by atoms with Crippen molar-refractivity contribution in [1.29, 1.82) is 0 Å². The van der Waals surface area contributed by atoms with Crippen LogP contribution in [0.2, 0.25) is 18.1 Å². The second-order valence-electron chi connectivity index (χ2n) is 15.1. The maximum atomic E-state index is 14.2. The van der Waals surface area contributed by atoms with Crippen LogP contribution in [0.3, 0.4) is 0 Å². The van der Waals surface area contributed by atoms with Gasteiger partial charge in [0.1, 0.15) is 18.6 Å². The summed E-state index contributed by atoms with van der Waals surface area (Å²) in [4.78, 5) is 0.0525. The average Bonchev–Trinajstić information content (AvgIpc) is 3.11. The zero-order chi connectivity index (χ0) is 38.1. The first-order valence-corrected chi connectivity index (χ1v) is 22.2. The summed E-state index contributed by atoms with van der Waals surface area (Å²) in [5.74, 6) is -0.300. The van der Waals surface area contributed by atoms with Crippen LogP contribution in [-0.2, 0) is 50.9 Å². The van der Waals surface area contributed by atoms with Gasteiger partial charge in [0.15, 0.2) is 8.32 Å². The molecule has 0 spiro atoms. The molecule has 0 aromatic heterocycles. The second kappa shape index (κ2) is 18.4. The minimum absolute atomic E-state index is 0.0392. The molecule has 0 N–H and O–H groups in total. The van der Waals surface area contributed by atoms with E-state index in [0.717, 1.165) is 22.4 Å². The van der Waals surface area contributed by atoms with Crippen LogP contribution in [0.25, 0.3) is 0 Å². The first-order valence-electron chi connectivity index (χ1n) is 17.9. The Morgan fingerprint density at radius 2 is 1.52 bits per heavy atom. The molecule has 0 unspecified atom stereocenters. The summed E-state index contributed by atoms with van der Waals surface area (Å²) in [5.41, 5.74) is 2.83. The molecule has 0 amide bonds. The third-order valence-electron chi connectivity index (χ3n) is 10.4. The second-order valence-corrected chi connectivity index (χ2v) is 21.4. The SMILES string of the molecule is C=C[C@@H]1[C@@H]([C@@H](OS(=O)(=O)c2ccc(C)cc2)[C@@H](C)OCc2ccc(OC)cc2)[C@H](OCOC)[C@@H](OCc2ccccc2)C[C@H]1O[Si](C)(C)C(C)(C)C. The van der Waals surface area contributed by atoms with Crippen molar-refractivity contribution in [3.05, 3.63) is 108 Å². The molecule has 3 aromatic carbocycles. The van der Waals surface area contributed by atoms with E-state index >= 15 is 0 Å². The van der Waals surface area contributed by atoms with E-state index in [9.17, 15) is 8.42 Å². The van der Waals surface area contributed by atoms with Gasteiger partial charge in [-0.1, -0.05) is 87.0 Å². The summed E-state index contributed by atoms with van der Waals surface area (Å²) in [5, 5.41) is -0.0859. The molecule has 286 valence electrons. The fourth-order valence-electron chi connectivity index (χ4n) is 6.34. The zero-order valence-electron chi connectivity index (χ0n) is 32.2. The molecular formula is C41H58O9SSi. The molecular weight excluding hydrogens is 697 g/mol. The van der Waals surface area contributed by atoms with Crippen LogP contribution >= 0.6 is 0 Å². The Bertz CT molecular complexity index is 1640. The van der Waals surface area contributed by atoms with Crippen LogP contribution in [0, 0.1) is 18.8 Å². The quantitative estimate of drug-likeness (QED) is 0.0548. The molecule has 52 heavy (non-hydrogen) atoms. The van der Waals surface area contributed by atoms with Gasteiger partial charge < -0.3 is 28.1 Å². The lowest BCUT2D eigenvalue weighted by Crippen LogP contribution is -2.60. The Labute approximate surface area is 312 Å². The molecule has 1 fully saturated rings. The summed E-state index contributed by atoms with van der Waals surface area (Å²) in [6.07, 6.45) is -0.963. The number of methoxy groups -OCH3 is 2. The number of aryl methyl sites for hydroxylation is 1. The predicted molar refractivity (Wildman–Crippen MR) is 206 cm³/mol. The minimum Gasteiger partial charge on any atom is -0.497 e. The fraction of sp³-hybridized carbons (Fsp3) is 0.512. The molecule has 1 aliphatic carbocycles. The van der Waals surface area contributed by atoms with E-state index in [1.165, 1.54) is 0 Å². The summed E-state index contributed by atoms with van der Waals surface area (Å²) >= 11 is 0. The highest BCUT2D eigenvalue weighted by Gasteiger charge is 2.53. The van der Waals surface area contributed by atoms with Gasteiger partial charge in [-0.15, -0.1) is 6.58 Å². The normalized spacial score (nSPS) is 22.4. The highest BCUT2D eigenvalue weighted by atomic mass is 32.2. The van der Waals surface area contributed by atoms with E-state index in [-0.39, 0.29) is 29.4 Å². The van der Waals surface area contributed by atoms with Crippen LogP contribution in [0.1, 0.15) is 50.8 Å². The molecule has 0 aliphatic heterocycles. The molecule has 0 saturated heterocycles. The molecule has 4 rings (SSSR count). The van der Waals surface area contributed by atoms with Crippen LogP contribution < -0.4 is 4.74 Å². The molecule has 1 aliphatic rings. The smallest absolute Gasteiger partial charge is 0.297 e. The maximum Gasteiger partial charge on any atom is 0.297 e. The summed E-state index contributed by atoms with van der Waals surface area (Å²) in [6.45, 7) is 19.5. The van der Waals surface area contributed by atoms with Crippen molar-refractivity contribution in [2.45, 2.75) is 108 Å². The predicted octanol–water partition coefficient (Wildman–Crippen LogP) is 8.47. The van der Waals surface area contributed by atoms with Gasteiger partial charge in [-0.25, -0.2) is 0 Å². The first-order chi connectivity index (χ1) is 24.6. The first kappa shape index (κ1) is 41.9. The maximum absolute atomic E-state index is 14.2. The fourth-order valence-corrected chi connectivity index (χ4v) is 8.87. The Balaban J connectivity index is 1.82. The molecule has 1 saturated carbocycles. The van der Waals surface area contributed by atoms with Gasteiger partial charge >= 0.3 is 0 Å². The van der Waals surface area contributed by atoms with Crippen molar-refractivity contribution in [3.63, 3.8) is 0 Å². The number of hydrogen-bond acceptors (Lipinski definition) is 9. The van der Waals surface area contributed by atoms with Gasteiger partial charge in [-0.05, 0) is 67.4 Å². The van der Waals surface area contributed by atoms with E-state index in [0.29, 0.717) is 13.0 Å². The summed E-state index contributed by atoms with van der Waals surface area (Å²) in [6, 6.07) is 24.1. The molecule has 0 heterocycles. The van der Waals surface area contributed by atoms with Gasteiger partial charge in [0.2, 0.25) is 0 Å². The Kier molecular flexibility index (Phi) is 14.9. The minimum atomic E-state index is -4.28. The highest BCUT2D eigenvalue weighted by molar-refractivity contribution is 7.86. The van der Waals surface area contributed by atoms with Gasteiger partial charge in [0.25, 0.3) is 10.1 Å². The van der Waals surface area contributed by atoms with E-state index < -0.39 is 54.7 Å². The number of rotatable bonds is 18. The number of ether oxygens (including phenoxy) is 5. The van der Waals surface area contributed by atoms with Crippen LogP contribution in [-0.4, -0.2) is 68.3 Å². The third kappa shape index (κ3) is 10.9. The molecule has 11 heteroatoms. The number of benzene rings is 3. The van der Waals surface area contributed by atoms with E-state index in [1.54, 1.807) is 38.5 Å². The monoisotopic (exact) mass is 754 g/mol. The topological polar surface area (TPSA) is 98.8 Å². The van der Waals surface area contributed by atoms with Crippen molar-refractivity contribution in [3.8, 4) is 5.75 Å². The molecule has 3 aromatic rings. The lowest BCUT2D eigenvalue weighted by atomic mass is 9.70. The Morgan fingerprint density at radius 3 is 2.10 bits per heavy atom. The van der Waals surface area contributed by atoms with Crippen molar-refractivity contribution in [1.82, 2.24) is 0 Å². The van der Waals surface area contributed by atoms with Gasteiger partial charge in [0, 0.05) is 25.4 Å². The van der Waals surface area contributed by atoms with Crippen LogP contribution in [0.4, 0.5) is 0 Å². The summed E-state index contributed by atoms with van der Waals surface area (Å²) < 4.78 is 72.3. The molecule has 0 bridgehead atoms. The lowest BCUT2D eigenvalue weighted by molar-refractivity contribution is -0.210. The summed E-state index contributed by atoms with van der Waals surface area (Å²) in [7, 11) is -3.45. The Morgan fingerprint density at radius 1 is 0.885 bits per heavy atom. The van der Waals surface area contributed by atoms with Crippen LogP contribution in [0.15, 0.2) is 96.4 Å². The van der Waals surface area contributed by atoms with E-state index in [2.05, 4.69) is 40.4 Å². The van der Waals surface area contributed by atoms with Crippen molar-refractivity contribution in [2.75, 3.05) is 21.0 Å². The third-order valence-corrected chi connectivity index (χ3v) is 16.2. The average molecular weight is 755 g/mol. The van der Waals surface area contributed by atoms with Gasteiger partial charge in [-0.2, -0.15) is 8.42 Å². The van der Waals surface area contributed by atoms with Crippen molar-refractivity contribution in [2.24, 2.45) is 11.8 Å². The van der Waals surface area contributed by atoms with E-state index in [4.69, 9.17) is 32.3 Å². The lowest BCUT2D eigenvalue weighted by Gasteiger charge is -2.51. The highest BCUT2D eigenvalue weighted by Crippen LogP contribution is 2.46. The standard InChI is InChI=1S/C41H58O9SSi/c1-11-35-36(50-52(9,10)41(4,5)6)25-37(47-27-31-15-13-12-14-16-31)40(48-28-44-7)38(35)39(49-51(42,43)34-23-17-29(2)18-24-34)30(3)46-26-32-19-21-33(45-8)22-20-32/h11-24,30,35-40H,1,25-28H2,2-10H3/t30-,35+,36-,37+,38+,39+,40-/m1/s1. The van der Waals surface area contributed by atoms with E-state index in [1.807, 2.05) is 74.5 Å². The molecule has 9 nitrogen and oxygen atoms in total. The van der Waals surface area contributed by atoms with Crippen LogP contribution in [0.5, 0.6) is 5.75 Å². The molecule has 0 radical (unpaired) electrons. The van der Waals surface area contributed by atoms with Crippen molar-refractivity contribution < 1.29 is 40.7 Å². The largest absolute Gasteiger partial charge is 0.497 e. The Hall–Kier alpha value is -2.87. The molecule has 7 atom stereocenters. The van der Waals surface area contributed by atoms with Gasteiger partial charge in [0.05, 0.1) is 49.6 Å². The number of hydrogen-bond donors (Lipinski definition) is 0. The van der Waals surface area contributed by atoms with Crippen molar-refractivity contribution >= 4 is 18.4 Å². The zero-order valence-corrected chi connectivity index (χ0v) is 34.1. The van der Waals surface area contributed by atoms with Gasteiger partial charge in [-0.3, -0.25) is 4.18 Å².